The molecular formula is C10H15N3O2. The van der Waals surface area contributed by atoms with Gasteiger partial charge < -0.3 is 10.0 Å². The second kappa shape index (κ2) is 4.25. The minimum absolute atomic E-state index is 0.0393. The summed E-state index contributed by atoms with van der Waals surface area (Å²) in [4.78, 5) is 20.8. The summed E-state index contributed by atoms with van der Waals surface area (Å²) in [6, 6.07) is 1.47. The lowest BCUT2D eigenvalue weighted by Crippen LogP contribution is -2.15. The fourth-order valence-corrected chi connectivity index (χ4v) is 1.05. The molecule has 0 unspecified atom stereocenters. The summed E-state index contributed by atoms with van der Waals surface area (Å²) in [5, 5.41) is 8.89. The zero-order chi connectivity index (χ0) is 11.6. The van der Waals surface area contributed by atoms with Gasteiger partial charge in [0.05, 0.1) is 0 Å². The van der Waals surface area contributed by atoms with Crippen LogP contribution in [-0.4, -0.2) is 35.1 Å². The lowest BCUT2D eigenvalue weighted by molar-refractivity contribution is 0.0690. The lowest BCUT2D eigenvalue weighted by Gasteiger charge is -2.14. The molecule has 15 heavy (non-hydrogen) atoms. The molecule has 0 saturated heterocycles. The Kier molecular flexibility index (Phi) is 3.24. The molecule has 5 nitrogen and oxygen atoms in total. The van der Waals surface area contributed by atoms with Crippen LogP contribution in [0.2, 0.25) is 0 Å². The van der Waals surface area contributed by atoms with Gasteiger partial charge in [-0.2, -0.15) is 0 Å². The van der Waals surface area contributed by atoms with Crippen LogP contribution in [0.15, 0.2) is 6.07 Å². The predicted molar refractivity (Wildman–Crippen MR) is 57.4 cm³/mol. The molecule has 0 aliphatic rings. The van der Waals surface area contributed by atoms with E-state index in [1.54, 1.807) is 4.90 Å². The third-order valence-electron chi connectivity index (χ3n) is 1.92. The number of nitrogens with zero attached hydrogens (tertiary/aromatic N) is 3. The van der Waals surface area contributed by atoms with Gasteiger partial charge in [-0.05, 0) is 0 Å². The highest BCUT2D eigenvalue weighted by Crippen LogP contribution is 2.15. The van der Waals surface area contributed by atoms with E-state index in [-0.39, 0.29) is 11.6 Å². The molecule has 0 radical (unpaired) electrons. The number of rotatable bonds is 3. The number of carboxylic acids is 1. The van der Waals surface area contributed by atoms with E-state index < -0.39 is 5.97 Å². The predicted octanol–water partition coefficient (Wildman–Crippen LogP) is 1.36. The maximum atomic E-state index is 10.8. The second-order valence-corrected chi connectivity index (χ2v) is 3.82. The van der Waals surface area contributed by atoms with Crippen LogP contribution in [0.25, 0.3) is 0 Å². The molecule has 1 rings (SSSR count). The highest BCUT2D eigenvalue weighted by molar-refractivity contribution is 5.86. The van der Waals surface area contributed by atoms with E-state index in [1.807, 2.05) is 27.9 Å². The van der Waals surface area contributed by atoms with Crippen LogP contribution >= 0.6 is 0 Å². The van der Waals surface area contributed by atoms with Crippen molar-refractivity contribution in [2.24, 2.45) is 0 Å². The van der Waals surface area contributed by atoms with Crippen molar-refractivity contribution in [1.82, 2.24) is 9.97 Å². The number of aromatic nitrogens is 2. The summed E-state index contributed by atoms with van der Waals surface area (Å²) in [6.45, 7) is 3.86. The zero-order valence-electron chi connectivity index (χ0n) is 9.35. The first-order valence-corrected chi connectivity index (χ1v) is 4.71. The molecule has 0 saturated carbocycles. The number of hydrogen-bond donors (Lipinski definition) is 1. The van der Waals surface area contributed by atoms with Gasteiger partial charge in [0.15, 0.2) is 5.69 Å². The standard InChI is InChI=1S/C10H15N3O2/c1-6(2)9-11-7(10(14)15)5-8(12-9)13(3)4/h5-6H,1-4H3,(H,14,15). The minimum Gasteiger partial charge on any atom is -0.477 e. The molecule has 0 spiro atoms. The Morgan fingerprint density at radius 2 is 2.00 bits per heavy atom. The van der Waals surface area contributed by atoms with Gasteiger partial charge in [0, 0.05) is 26.1 Å². The molecule has 1 aromatic heterocycles. The largest absolute Gasteiger partial charge is 0.477 e. The average molecular weight is 209 g/mol. The summed E-state index contributed by atoms with van der Waals surface area (Å²) in [6.07, 6.45) is 0. The Morgan fingerprint density at radius 3 is 2.40 bits per heavy atom. The molecule has 82 valence electrons. The number of aromatic carboxylic acids is 1. The monoisotopic (exact) mass is 209 g/mol. The van der Waals surface area contributed by atoms with Gasteiger partial charge in [-0.25, -0.2) is 14.8 Å². The van der Waals surface area contributed by atoms with Gasteiger partial charge in [-0.15, -0.1) is 0 Å². The maximum absolute atomic E-state index is 10.8. The number of carbonyl (C=O) groups is 1. The van der Waals surface area contributed by atoms with Crippen molar-refractivity contribution >= 4 is 11.8 Å². The molecule has 5 heteroatoms. The highest BCUT2D eigenvalue weighted by Gasteiger charge is 2.13. The summed E-state index contributed by atoms with van der Waals surface area (Å²) in [5.41, 5.74) is 0.0393. The zero-order valence-corrected chi connectivity index (χ0v) is 9.35. The van der Waals surface area contributed by atoms with E-state index >= 15 is 0 Å². The first-order chi connectivity index (χ1) is 6.91. The summed E-state index contributed by atoms with van der Waals surface area (Å²) >= 11 is 0. The van der Waals surface area contributed by atoms with E-state index in [2.05, 4.69) is 9.97 Å². The summed E-state index contributed by atoms with van der Waals surface area (Å²) in [5.74, 6) is 0.259. The van der Waals surface area contributed by atoms with Crippen molar-refractivity contribution < 1.29 is 9.90 Å². The third-order valence-corrected chi connectivity index (χ3v) is 1.92. The fraction of sp³-hybridized carbons (Fsp3) is 0.500. The Morgan fingerprint density at radius 1 is 1.40 bits per heavy atom. The molecule has 0 aliphatic heterocycles. The quantitative estimate of drug-likeness (QED) is 0.814. The highest BCUT2D eigenvalue weighted by atomic mass is 16.4. The lowest BCUT2D eigenvalue weighted by atomic mass is 10.2. The molecule has 1 N–H and O–H groups in total. The number of carboxylic acid groups (broad SMARTS) is 1. The van der Waals surface area contributed by atoms with Crippen molar-refractivity contribution in [2.75, 3.05) is 19.0 Å². The van der Waals surface area contributed by atoms with Gasteiger partial charge in [-0.1, -0.05) is 13.8 Å². The number of hydrogen-bond acceptors (Lipinski definition) is 4. The molecule has 0 fully saturated rings. The molecule has 0 aliphatic carbocycles. The first-order valence-electron chi connectivity index (χ1n) is 4.71. The molecule has 1 heterocycles. The van der Waals surface area contributed by atoms with Crippen LogP contribution in [0.3, 0.4) is 0 Å². The van der Waals surface area contributed by atoms with E-state index in [9.17, 15) is 4.79 Å². The van der Waals surface area contributed by atoms with Crippen LogP contribution in [0.4, 0.5) is 5.82 Å². The van der Waals surface area contributed by atoms with Crippen molar-refractivity contribution in [2.45, 2.75) is 19.8 Å². The van der Waals surface area contributed by atoms with Gasteiger partial charge in [-0.3, -0.25) is 0 Å². The van der Waals surface area contributed by atoms with E-state index in [1.165, 1.54) is 6.07 Å². The number of anilines is 1. The Balaban J connectivity index is 3.26. The first kappa shape index (κ1) is 11.4. The third kappa shape index (κ3) is 2.65. The average Bonchev–Trinajstić information content (AvgIpc) is 2.16. The van der Waals surface area contributed by atoms with Crippen LogP contribution in [0.5, 0.6) is 0 Å². The van der Waals surface area contributed by atoms with Crippen LogP contribution in [0, 0.1) is 0 Å². The molecule has 0 bridgehead atoms. The topological polar surface area (TPSA) is 66.3 Å². The Bertz CT molecular complexity index is 349. The molecule has 0 aromatic carbocycles. The smallest absolute Gasteiger partial charge is 0.354 e. The van der Waals surface area contributed by atoms with E-state index in [4.69, 9.17) is 5.11 Å². The second-order valence-electron chi connectivity index (χ2n) is 3.82. The SMILES string of the molecule is CC(C)c1nc(C(=O)O)cc(N(C)C)n1. The molecule has 1 aromatic rings. The van der Waals surface area contributed by atoms with Gasteiger partial charge >= 0.3 is 5.97 Å². The fourth-order valence-electron chi connectivity index (χ4n) is 1.05. The van der Waals surface area contributed by atoms with Crippen LogP contribution in [0.1, 0.15) is 36.1 Å². The molecule has 0 atom stereocenters. The van der Waals surface area contributed by atoms with Crippen LogP contribution in [-0.2, 0) is 0 Å². The summed E-state index contributed by atoms with van der Waals surface area (Å²) < 4.78 is 0. The van der Waals surface area contributed by atoms with Gasteiger partial charge in [0.1, 0.15) is 11.6 Å². The van der Waals surface area contributed by atoms with Crippen molar-refractivity contribution in [1.29, 1.82) is 0 Å². The maximum Gasteiger partial charge on any atom is 0.354 e. The molecular weight excluding hydrogens is 194 g/mol. The van der Waals surface area contributed by atoms with Gasteiger partial charge in [0.2, 0.25) is 0 Å². The minimum atomic E-state index is -1.03. The van der Waals surface area contributed by atoms with Gasteiger partial charge in [0.25, 0.3) is 0 Å². The van der Waals surface area contributed by atoms with E-state index in [0.717, 1.165) is 0 Å². The Labute approximate surface area is 88.8 Å². The Hall–Kier alpha value is -1.65. The normalized spacial score (nSPS) is 10.5. The molecule has 0 amide bonds. The van der Waals surface area contributed by atoms with Crippen molar-refractivity contribution in [3.05, 3.63) is 17.6 Å². The van der Waals surface area contributed by atoms with Crippen molar-refractivity contribution in [3.63, 3.8) is 0 Å². The van der Waals surface area contributed by atoms with E-state index in [0.29, 0.717) is 11.6 Å². The van der Waals surface area contributed by atoms with Crippen molar-refractivity contribution in [3.8, 4) is 0 Å². The van der Waals surface area contributed by atoms with Crippen LogP contribution < -0.4 is 4.90 Å². The summed E-state index contributed by atoms with van der Waals surface area (Å²) in [7, 11) is 3.64.